The van der Waals surface area contributed by atoms with Crippen molar-refractivity contribution in [3.8, 4) is 34.5 Å². The molecule has 6 aliphatic rings. The zero-order valence-corrected chi connectivity index (χ0v) is 61.0. The van der Waals surface area contributed by atoms with Crippen LogP contribution in [0.4, 0.5) is 17.1 Å². The van der Waals surface area contributed by atoms with E-state index in [0.717, 1.165) is 27.2 Å². The summed E-state index contributed by atoms with van der Waals surface area (Å²) in [4.78, 5) is 117. The van der Waals surface area contributed by atoms with Crippen LogP contribution in [0.15, 0.2) is 101 Å². The van der Waals surface area contributed by atoms with Crippen LogP contribution in [0, 0.1) is 11.8 Å². The van der Waals surface area contributed by atoms with Crippen LogP contribution >= 0.6 is 0 Å². The number of hydrogen-bond acceptors (Lipinski definition) is 24. The predicted molar refractivity (Wildman–Crippen MR) is 391 cm³/mol. The van der Waals surface area contributed by atoms with Crippen molar-refractivity contribution >= 4 is 87.8 Å². The third-order valence-corrected chi connectivity index (χ3v) is 17.9. The van der Waals surface area contributed by atoms with Crippen LogP contribution in [0.5, 0.6) is 34.5 Å². The molecule has 0 unspecified atom stereocenters. The van der Waals surface area contributed by atoms with Gasteiger partial charge in [0, 0.05) is 112 Å². The van der Waals surface area contributed by atoms with Gasteiger partial charge in [0.05, 0.1) is 174 Å². The van der Waals surface area contributed by atoms with Crippen molar-refractivity contribution in [2.75, 3.05) is 158 Å². The van der Waals surface area contributed by atoms with Gasteiger partial charge in [-0.2, -0.15) is 0 Å². The Kier molecular flexibility index (Phi) is 30.3. The first-order valence-electron chi connectivity index (χ1n) is 36.0. The predicted octanol–water partition coefficient (Wildman–Crippen LogP) is 6.85. The summed E-state index contributed by atoms with van der Waals surface area (Å²) in [5, 5.41) is 8.42. The molecule has 107 heavy (non-hydrogen) atoms. The summed E-state index contributed by atoms with van der Waals surface area (Å²) in [6.07, 6.45) is 11.1. The van der Waals surface area contributed by atoms with Crippen molar-refractivity contribution in [3.05, 3.63) is 114 Å². The van der Waals surface area contributed by atoms with E-state index in [2.05, 4.69) is 16.0 Å². The first-order chi connectivity index (χ1) is 52.0. The van der Waals surface area contributed by atoms with E-state index in [1.807, 2.05) is 56.6 Å². The fraction of sp³-hybridized carbons (Fsp3) is 0.481. The van der Waals surface area contributed by atoms with Crippen molar-refractivity contribution in [3.63, 3.8) is 0 Å². The number of methoxy groups -OCH3 is 2. The molecule has 574 valence electrons. The highest BCUT2D eigenvalue weighted by molar-refractivity contribution is 6.13. The number of ether oxygens (including phenoxy) is 14. The second-order valence-corrected chi connectivity index (χ2v) is 25.8. The Bertz CT molecular complexity index is 3910. The molecule has 0 fully saturated rings. The standard InChI is InChI=1S/C77H94N8O22/c1-50(2)74(82-71(88)16-21-96-23-25-98-27-29-100-31-33-102-35-36-103-34-32-101-30-28-99-26-24-97-22-17-78-70(87)15-18-83-72(89)13-14-73(83)90)63(86)37-51(3)75(91)81-56-10-7-52(8-11-56)54-38-57-45-79-61-43-68(65(94-4)41-59(61)76(92)84(57)47-54)104-19-6-20-105-69-44-62-60(42-66(69)95-5)77(93)85-48-55(39-58(85)46-80-62)53-9-12-64-67(40-53)107-49-106-64/h7-14,40-48,50-51,57-58,74H,6,15-39,49H2,1-5H3,(H,78,87)(H,81,91)(H,82,88)/t51-,57+,58+,74+/m1/s1. The topological polar surface area (TPSA) is 336 Å². The summed E-state index contributed by atoms with van der Waals surface area (Å²) >= 11 is 0. The maximum absolute atomic E-state index is 14.2. The molecule has 0 radical (unpaired) electrons. The number of carbonyl (C=O) groups is 8. The summed E-state index contributed by atoms with van der Waals surface area (Å²) in [7, 11) is 3.02. The highest BCUT2D eigenvalue weighted by atomic mass is 16.7. The maximum Gasteiger partial charge on any atom is 0.260 e. The number of carbonyl (C=O) groups excluding carboxylic acids is 8. The van der Waals surface area contributed by atoms with Crippen LogP contribution in [0.1, 0.15) is 91.1 Å². The number of fused-ring (bicyclic) bond motifs is 5. The molecule has 0 saturated heterocycles. The molecule has 0 aliphatic carbocycles. The molecule has 4 aromatic rings. The number of hydrogen-bond donors (Lipinski definition) is 3. The lowest BCUT2D eigenvalue weighted by molar-refractivity contribution is -0.137. The van der Waals surface area contributed by atoms with Gasteiger partial charge in [0.25, 0.3) is 23.6 Å². The van der Waals surface area contributed by atoms with E-state index >= 15 is 0 Å². The van der Waals surface area contributed by atoms with Crippen LogP contribution in [0.25, 0.3) is 11.1 Å². The minimum absolute atomic E-state index is 0.0282. The number of imide groups is 1. The molecule has 0 aromatic heterocycles. The number of Topliss-reactive ketones (excluding diaryl/α,β-unsaturated/α-hetero) is 1. The molecule has 0 saturated carbocycles. The molecule has 6 aliphatic heterocycles. The Hall–Kier alpha value is -9.92. The van der Waals surface area contributed by atoms with Crippen molar-refractivity contribution in [1.29, 1.82) is 0 Å². The fourth-order valence-electron chi connectivity index (χ4n) is 12.1. The molecule has 4 atom stereocenters. The smallest absolute Gasteiger partial charge is 0.260 e. The Morgan fingerprint density at radius 3 is 1.51 bits per heavy atom. The van der Waals surface area contributed by atoms with Gasteiger partial charge in [-0.15, -0.1) is 0 Å². The highest BCUT2D eigenvalue weighted by Crippen LogP contribution is 2.43. The Labute approximate surface area is 620 Å². The lowest BCUT2D eigenvalue weighted by atomic mass is 9.92. The fourth-order valence-corrected chi connectivity index (χ4v) is 12.1. The minimum atomic E-state index is -0.793. The van der Waals surface area contributed by atoms with Crippen LogP contribution in [-0.2, 0) is 66.7 Å². The zero-order chi connectivity index (χ0) is 75.4. The van der Waals surface area contributed by atoms with Gasteiger partial charge in [-0.3, -0.25) is 53.2 Å². The van der Waals surface area contributed by atoms with E-state index in [1.165, 1.54) is 26.4 Å². The van der Waals surface area contributed by atoms with E-state index in [0.29, 0.717) is 181 Å². The Morgan fingerprint density at radius 2 is 1.01 bits per heavy atom. The molecule has 4 aromatic carbocycles. The van der Waals surface area contributed by atoms with Gasteiger partial charge in [-0.25, -0.2) is 0 Å². The number of benzene rings is 4. The molecule has 0 bridgehead atoms. The lowest BCUT2D eigenvalue weighted by Crippen LogP contribution is -2.45. The number of anilines is 1. The van der Waals surface area contributed by atoms with E-state index in [9.17, 15) is 38.4 Å². The molecule has 30 nitrogen and oxygen atoms in total. The zero-order valence-electron chi connectivity index (χ0n) is 61.0. The van der Waals surface area contributed by atoms with Gasteiger partial charge < -0.3 is 92.1 Å². The van der Waals surface area contributed by atoms with Gasteiger partial charge in [-0.1, -0.05) is 39.0 Å². The lowest BCUT2D eigenvalue weighted by Gasteiger charge is -2.23. The molecule has 0 spiro atoms. The average molecular weight is 1480 g/mol. The number of aliphatic imine (C=N–C) groups is 2. The number of rotatable bonds is 47. The molecular formula is C77H94N8O22. The third kappa shape index (κ3) is 22.8. The van der Waals surface area contributed by atoms with Gasteiger partial charge in [0.15, 0.2) is 40.3 Å². The first kappa shape index (κ1) is 79.6. The first-order valence-corrected chi connectivity index (χ1v) is 36.0. The largest absolute Gasteiger partial charge is 0.493 e. The van der Waals surface area contributed by atoms with Crippen molar-refractivity contribution in [2.24, 2.45) is 21.8 Å². The van der Waals surface area contributed by atoms with Gasteiger partial charge in [-0.05, 0) is 64.6 Å². The van der Waals surface area contributed by atoms with E-state index < -0.39 is 23.8 Å². The summed E-state index contributed by atoms with van der Waals surface area (Å²) in [6.45, 7) is 12.0. The van der Waals surface area contributed by atoms with E-state index in [-0.39, 0.29) is 112 Å². The molecule has 7 amide bonds. The monoisotopic (exact) mass is 1480 g/mol. The number of nitrogens with zero attached hydrogens (tertiary/aromatic N) is 5. The summed E-state index contributed by atoms with van der Waals surface area (Å²) < 4.78 is 78.9. The van der Waals surface area contributed by atoms with Crippen molar-refractivity contribution < 1.29 is 105 Å². The van der Waals surface area contributed by atoms with Crippen LogP contribution in [0.2, 0.25) is 0 Å². The SMILES string of the molecule is COc1cc2c(cc1OCCCOc1cc3c(cc1OC)C(=O)N1C=C(c4ccc5c(c4)OCO5)C[C@H]1C=N3)N=C[C@@H]1CC(c3ccc(NC(=O)[C@H](C)CC(=O)[C@@H](NC(=O)CCOCCOCCOCCOCCOCCOCCOCCOCCNC(=O)CCN4C(=O)C=CC4=O)C(C)C)cc3)=CN1C2=O. The molecule has 30 heteroatoms. The number of nitrogens with one attached hydrogen (secondary N) is 3. The summed E-state index contributed by atoms with van der Waals surface area (Å²) in [5.41, 5.74) is 5.85. The Morgan fingerprint density at radius 1 is 0.533 bits per heavy atom. The van der Waals surface area contributed by atoms with Gasteiger partial charge >= 0.3 is 0 Å². The van der Waals surface area contributed by atoms with E-state index in [4.69, 9.17) is 76.3 Å². The molecule has 3 N–H and O–H groups in total. The molecule has 10 rings (SSSR count). The molecular weight excluding hydrogens is 1390 g/mol. The van der Waals surface area contributed by atoms with Crippen LogP contribution in [0.3, 0.4) is 0 Å². The third-order valence-electron chi connectivity index (χ3n) is 17.9. The highest BCUT2D eigenvalue weighted by Gasteiger charge is 2.37. The summed E-state index contributed by atoms with van der Waals surface area (Å²) in [5.74, 6) is -0.494. The Balaban J connectivity index is 0.539. The number of ketones is 1. The van der Waals surface area contributed by atoms with Crippen LogP contribution in [-0.4, -0.2) is 245 Å². The number of amides is 7. The average Bonchev–Trinajstić information content (AvgIpc) is 1.66. The maximum atomic E-state index is 14.2. The normalized spacial score (nSPS) is 16.6. The van der Waals surface area contributed by atoms with Gasteiger partial charge in [0.2, 0.25) is 24.5 Å². The van der Waals surface area contributed by atoms with Crippen molar-refractivity contribution in [1.82, 2.24) is 25.3 Å². The second kappa shape index (κ2) is 40.7. The minimum Gasteiger partial charge on any atom is -0.493 e. The quantitative estimate of drug-likeness (QED) is 0.0300. The van der Waals surface area contributed by atoms with Gasteiger partial charge in [0.1, 0.15) is 0 Å². The molecule has 6 heterocycles. The van der Waals surface area contributed by atoms with Crippen LogP contribution < -0.4 is 44.4 Å². The van der Waals surface area contributed by atoms with Crippen molar-refractivity contribution in [2.45, 2.75) is 77.4 Å². The summed E-state index contributed by atoms with van der Waals surface area (Å²) in [6, 6.07) is 18.3. The van der Waals surface area contributed by atoms with E-state index in [1.54, 1.807) is 65.6 Å². The second-order valence-electron chi connectivity index (χ2n) is 25.8.